The van der Waals surface area contributed by atoms with Crippen molar-refractivity contribution in [2.24, 2.45) is 0 Å². The summed E-state index contributed by atoms with van der Waals surface area (Å²) in [6, 6.07) is 1.85. The van der Waals surface area contributed by atoms with E-state index in [0.717, 1.165) is 25.9 Å². The molecule has 2 heterocycles. The number of likely N-dealkylation sites (tertiary alicyclic amines) is 1. The molecule has 0 amide bonds. The first-order valence-electron chi connectivity index (χ1n) is 7.99. The average molecular weight is 333 g/mol. The molecule has 1 aromatic heterocycles. The number of hydrogen-bond acceptors (Lipinski definition) is 6. The number of ether oxygens (including phenoxy) is 3. The molecule has 0 aliphatic carbocycles. The molecule has 1 aliphatic heterocycles. The second-order valence-corrected chi connectivity index (χ2v) is 6.03. The third kappa shape index (κ3) is 2.69. The summed E-state index contributed by atoms with van der Waals surface area (Å²) in [6.07, 6.45) is 3.50. The first-order chi connectivity index (χ1) is 11.6. The summed E-state index contributed by atoms with van der Waals surface area (Å²) in [5.74, 6) is 1.32. The van der Waals surface area contributed by atoms with Gasteiger partial charge in [-0.1, -0.05) is 0 Å². The zero-order valence-electron chi connectivity index (χ0n) is 14.5. The van der Waals surface area contributed by atoms with E-state index in [0.29, 0.717) is 28.2 Å². The van der Waals surface area contributed by atoms with Crippen LogP contribution in [0.25, 0.3) is 10.9 Å². The molecule has 0 bridgehead atoms. The summed E-state index contributed by atoms with van der Waals surface area (Å²) >= 11 is 0. The summed E-state index contributed by atoms with van der Waals surface area (Å²) in [5.41, 5.74) is 0.415. The second kappa shape index (κ2) is 6.68. The van der Waals surface area contributed by atoms with Crippen LogP contribution in [0.5, 0.6) is 17.2 Å². The summed E-state index contributed by atoms with van der Waals surface area (Å²) in [6.45, 7) is 1.95. The summed E-state index contributed by atoms with van der Waals surface area (Å²) < 4.78 is 17.9. The monoisotopic (exact) mass is 333 g/mol. The Bertz CT molecular complexity index is 795. The lowest BCUT2D eigenvalue weighted by Gasteiger charge is -2.30. The molecule has 130 valence electrons. The lowest BCUT2D eigenvalue weighted by Crippen LogP contribution is -2.35. The average Bonchev–Trinajstić information content (AvgIpc) is 2.61. The van der Waals surface area contributed by atoms with Crippen LogP contribution in [-0.4, -0.2) is 55.9 Å². The van der Waals surface area contributed by atoms with Crippen LogP contribution >= 0.6 is 0 Å². The van der Waals surface area contributed by atoms with Crippen LogP contribution in [0, 0.1) is 0 Å². The number of hydrogen-bond donors (Lipinski definition) is 0. The molecule has 24 heavy (non-hydrogen) atoms. The summed E-state index contributed by atoms with van der Waals surface area (Å²) in [5, 5.41) is 0.478. The minimum Gasteiger partial charge on any atom is -0.493 e. The van der Waals surface area contributed by atoms with Crippen molar-refractivity contribution in [3.63, 3.8) is 0 Å². The highest BCUT2D eigenvalue weighted by molar-refractivity contribution is 5.89. The fraction of sp³-hybridized carbons (Fsp3) is 0.529. The van der Waals surface area contributed by atoms with Gasteiger partial charge in [-0.2, -0.15) is 0 Å². The molecule has 2 aromatic rings. The maximum atomic E-state index is 13.0. The third-order valence-corrected chi connectivity index (χ3v) is 4.66. The number of fused-ring (bicyclic) bond motifs is 1. The first kappa shape index (κ1) is 16.6. The molecule has 0 N–H and O–H groups in total. The van der Waals surface area contributed by atoms with E-state index in [1.54, 1.807) is 17.0 Å². The SMILES string of the molecule is COc1cc2c(=O)n(C3CCN(C)CC3)cnc2c(OC)c1OC. The normalized spacial score (nSPS) is 16.3. The molecule has 1 saturated heterocycles. The number of benzene rings is 1. The van der Waals surface area contributed by atoms with Crippen molar-refractivity contribution in [3.05, 3.63) is 22.7 Å². The van der Waals surface area contributed by atoms with E-state index in [1.165, 1.54) is 21.3 Å². The smallest absolute Gasteiger partial charge is 0.261 e. The first-order valence-corrected chi connectivity index (χ1v) is 7.99. The fourth-order valence-corrected chi connectivity index (χ4v) is 3.28. The van der Waals surface area contributed by atoms with Crippen LogP contribution in [-0.2, 0) is 0 Å². The van der Waals surface area contributed by atoms with Crippen molar-refractivity contribution < 1.29 is 14.2 Å². The molecule has 0 atom stereocenters. The minimum absolute atomic E-state index is 0.0752. The standard InChI is InChI=1S/C17H23N3O4/c1-19-7-5-11(6-8-19)20-10-18-14-12(17(20)21)9-13(22-2)15(23-3)16(14)24-4/h9-11H,5-8H2,1-4H3. The maximum Gasteiger partial charge on any atom is 0.261 e. The third-order valence-electron chi connectivity index (χ3n) is 4.66. The zero-order chi connectivity index (χ0) is 17.3. The number of nitrogens with zero attached hydrogens (tertiary/aromatic N) is 3. The van der Waals surface area contributed by atoms with Gasteiger partial charge in [0.05, 0.1) is 33.0 Å². The van der Waals surface area contributed by atoms with Crippen LogP contribution in [0.3, 0.4) is 0 Å². The van der Waals surface area contributed by atoms with Gasteiger partial charge in [-0.05, 0) is 39.0 Å². The van der Waals surface area contributed by atoms with E-state index < -0.39 is 0 Å². The van der Waals surface area contributed by atoms with Crippen LogP contribution in [0.4, 0.5) is 0 Å². The molecule has 7 nitrogen and oxygen atoms in total. The highest BCUT2D eigenvalue weighted by Crippen LogP contribution is 2.41. The summed E-state index contributed by atoms with van der Waals surface area (Å²) in [7, 11) is 6.70. The maximum absolute atomic E-state index is 13.0. The molecule has 1 aromatic carbocycles. The molecular formula is C17H23N3O4. The molecule has 7 heteroatoms. The topological polar surface area (TPSA) is 65.8 Å². The Labute approximate surface area is 140 Å². The molecule has 0 spiro atoms. The number of aromatic nitrogens is 2. The van der Waals surface area contributed by atoms with Crippen LogP contribution in [0.15, 0.2) is 17.2 Å². The van der Waals surface area contributed by atoms with Gasteiger partial charge in [0.25, 0.3) is 5.56 Å². The van der Waals surface area contributed by atoms with E-state index in [1.807, 2.05) is 0 Å². The van der Waals surface area contributed by atoms with E-state index in [9.17, 15) is 4.79 Å². The Morgan fingerprint density at radius 2 is 1.75 bits per heavy atom. The van der Waals surface area contributed by atoms with Gasteiger partial charge in [0, 0.05) is 6.04 Å². The van der Waals surface area contributed by atoms with Gasteiger partial charge in [-0.3, -0.25) is 9.36 Å². The zero-order valence-corrected chi connectivity index (χ0v) is 14.5. The van der Waals surface area contributed by atoms with Gasteiger partial charge >= 0.3 is 0 Å². The molecule has 0 unspecified atom stereocenters. The Kier molecular flexibility index (Phi) is 4.62. The molecule has 1 aliphatic rings. The second-order valence-electron chi connectivity index (χ2n) is 6.03. The largest absolute Gasteiger partial charge is 0.493 e. The van der Waals surface area contributed by atoms with Crippen LogP contribution in [0.2, 0.25) is 0 Å². The van der Waals surface area contributed by atoms with Crippen LogP contribution in [0.1, 0.15) is 18.9 Å². The van der Waals surface area contributed by atoms with Gasteiger partial charge in [0.2, 0.25) is 5.75 Å². The van der Waals surface area contributed by atoms with Crippen molar-refractivity contribution in [2.45, 2.75) is 18.9 Å². The Morgan fingerprint density at radius 3 is 2.33 bits per heavy atom. The van der Waals surface area contributed by atoms with E-state index >= 15 is 0 Å². The Hall–Kier alpha value is -2.28. The van der Waals surface area contributed by atoms with Crippen molar-refractivity contribution in [1.82, 2.24) is 14.5 Å². The van der Waals surface area contributed by atoms with E-state index in [2.05, 4.69) is 16.9 Å². The highest BCUT2D eigenvalue weighted by atomic mass is 16.5. The molecule has 0 saturated carbocycles. The summed E-state index contributed by atoms with van der Waals surface area (Å²) in [4.78, 5) is 19.8. The molecule has 0 radical (unpaired) electrons. The van der Waals surface area contributed by atoms with Gasteiger partial charge in [-0.25, -0.2) is 4.98 Å². The molecule has 3 rings (SSSR count). The Balaban J connectivity index is 2.16. The van der Waals surface area contributed by atoms with Gasteiger partial charge in [0.15, 0.2) is 11.5 Å². The van der Waals surface area contributed by atoms with Crippen molar-refractivity contribution in [2.75, 3.05) is 41.5 Å². The van der Waals surface area contributed by atoms with Crippen molar-refractivity contribution in [1.29, 1.82) is 0 Å². The lowest BCUT2D eigenvalue weighted by molar-refractivity contribution is 0.218. The molecular weight excluding hydrogens is 310 g/mol. The van der Waals surface area contributed by atoms with Crippen molar-refractivity contribution in [3.8, 4) is 17.2 Å². The Morgan fingerprint density at radius 1 is 1.08 bits per heavy atom. The number of methoxy groups -OCH3 is 3. The molecule has 1 fully saturated rings. The predicted octanol–water partition coefficient (Wildman–Crippen LogP) is 1.69. The number of piperidine rings is 1. The fourth-order valence-electron chi connectivity index (χ4n) is 3.28. The highest BCUT2D eigenvalue weighted by Gasteiger charge is 2.23. The lowest BCUT2D eigenvalue weighted by atomic mass is 10.1. The van der Waals surface area contributed by atoms with E-state index in [-0.39, 0.29) is 11.6 Å². The van der Waals surface area contributed by atoms with Gasteiger partial charge in [-0.15, -0.1) is 0 Å². The predicted molar refractivity (Wildman–Crippen MR) is 91.4 cm³/mol. The minimum atomic E-state index is -0.0752. The van der Waals surface area contributed by atoms with Crippen molar-refractivity contribution >= 4 is 10.9 Å². The van der Waals surface area contributed by atoms with Gasteiger partial charge in [0.1, 0.15) is 5.52 Å². The number of rotatable bonds is 4. The van der Waals surface area contributed by atoms with Crippen LogP contribution < -0.4 is 19.8 Å². The van der Waals surface area contributed by atoms with Gasteiger partial charge < -0.3 is 19.1 Å². The van der Waals surface area contributed by atoms with E-state index in [4.69, 9.17) is 14.2 Å². The quantitative estimate of drug-likeness (QED) is 0.848.